The van der Waals surface area contributed by atoms with Crippen LogP contribution in [0.1, 0.15) is 12.2 Å². The Morgan fingerprint density at radius 3 is 2.82 bits per heavy atom. The molecule has 0 aliphatic carbocycles. The second-order valence-corrected chi connectivity index (χ2v) is 7.74. The van der Waals surface area contributed by atoms with Gasteiger partial charge in [0.25, 0.3) is 0 Å². The lowest BCUT2D eigenvalue weighted by atomic mass is 10.2. The van der Waals surface area contributed by atoms with Crippen LogP contribution in [0, 0.1) is 0 Å². The molecule has 0 amide bonds. The van der Waals surface area contributed by atoms with Gasteiger partial charge < -0.3 is 5.32 Å². The van der Waals surface area contributed by atoms with Crippen molar-refractivity contribution in [1.82, 2.24) is 29.2 Å². The van der Waals surface area contributed by atoms with E-state index in [4.69, 9.17) is 11.6 Å². The van der Waals surface area contributed by atoms with Crippen molar-refractivity contribution in [2.24, 2.45) is 0 Å². The van der Waals surface area contributed by atoms with E-state index in [1.54, 1.807) is 0 Å². The normalized spacial score (nSPS) is 11.5. The molecule has 140 valence electrons. The highest BCUT2D eigenvalue weighted by molar-refractivity contribution is 7.20. The molecule has 1 N–H and O–H groups in total. The van der Waals surface area contributed by atoms with E-state index in [1.165, 1.54) is 11.3 Å². The van der Waals surface area contributed by atoms with Gasteiger partial charge in [0.05, 0.1) is 11.9 Å². The van der Waals surface area contributed by atoms with Crippen molar-refractivity contribution in [3.05, 3.63) is 65.7 Å². The number of hydrogen-bond acceptors (Lipinski definition) is 6. The summed E-state index contributed by atoms with van der Waals surface area (Å²) in [6, 6.07) is 13.6. The average Bonchev–Trinajstić information content (AvgIpc) is 3.39. The summed E-state index contributed by atoms with van der Waals surface area (Å²) in [7, 11) is 0. The van der Waals surface area contributed by atoms with Crippen LogP contribution in [0.15, 0.2) is 54.9 Å². The molecule has 5 aromatic rings. The first-order valence-corrected chi connectivity index (χ1v) is 10.1. The van der Waals surface area contributed by atoms with E-state index in [9.17, 15) is 0 Å². The first kappa shape index (κ1) is 17.2. The molecule has 0 unspecified atom stereocenters. The number of hydrogen-bond donors (Lipinski definition) is 1. The number of rotatable bonds is 6. The minimum Gasteiger partial charge on any atom is -0.360 e. The Kier molecular flexibility index (Phi) is 4.42. The molecule has 0 radical (unpaired) electrons. The van der Waals surface area contributed by atoms with Crippen molar-refractivity contribution in [2.75, 3.05) is 11.9 Å². The molecule has 0 saturated carbocycles. The van der Waals surface area contributed by atoms with Crippen LogP contribution in [-0.4, -0.2) is 35.7 Å². The maximum absolute atomic E-state index is 5.95. The SMILES string of the molecule is Clc1ccc(-c2cn3nc(NCCCc4nnc5ccccn45)sc3n2)cc1. The third-order valence-corrected chi connectivity index (χ3v) is 5.55. The average molecular weight is 410 g/mol. The van der Waals surface area contributed by atoms with Gasteiger partial charge in [0, 0.05) is 29.7 Å². The van der Waals surface area contributed by atoms with Gasteiger partial charge in [0.2, 0.25) is 10.1 Å². The third kappa shape index (κ3) is 3.32. The van der Waals surface area contributed by atoms with E-state index < -0.39 is 0 Å². The molecule has 0 spiro atoms. The minimum absolute atomic E-state index is 0.716. The van der Waals surface area contributed by atoms with Gasteiger partial charge in [-0.3, -0.25) is 4.40 Å². The lowest BCUT2D eigenvalue weighted by molar-refractivity contribution is 0.785. The van der Waals surface area contributed by atoms with Crippen LogP contribution >= 0.6 is 22.9 Å². The van der Waals surface area contributed by atoms with Crippen molar-refractivity contribution in [1.29, 1.82) is 0 Å². The fourth-order valence-electron chi connectivity index (χ4n) is 3.03. The fraction of sp³-hybridized carbons (Fsp3) is 0.158. The molecule has 1 aromatic carbocycles. The van der Waals surface area contributed by atoms with Gasteiger partial charge in [-0.25, -0.2) is 9.50 Å². The zero-order chi connectivity index (χ0) is 18.9. The highest BCUT2D eigenvalue weighted by Gasteiger charge is 2.10. The Morgan fingerprint density at radius 2 is 1.96 bits per heavy atom. The van der Waals surface area contributed by atoms with E-state index in [0.717, 1.165) is 52.2 Å². The first-order chi connectivity index (χ1) is 13.8. The number of nitrogens with one attached hydrogen (secondary N) is 1. The van der Waals surface area contributed by atoms with E-state index in [2.05, 4.69) is 25.6 Å². The summed E-state index contributed by atoms with van der Waals surface area (Å²) in [5.41, 5.74) is 2.79. The number of anilines is 1. The highest BCUT2D eigenvalue weighted by Crippen LogP contribution is 2.25. The third-order valence-electron chi connectivity index (χ3n) is 4.42. The lowest BCUT2D eigenvalue weighted by Crippen LogP contribution is -2.04. The van der Waals surface area contributed by atoms with Gasteiger partial charge in [0.15, 0.2) is 5.65 Å². The number of aryl methyl sites for hydroxylation is 1. The van der Waals surface area contributed by atoms with Crippen molar-refractivity contribution in [3.63, 3.8) is 0 Å². The second-order valence-electron chi connectivity index (χ2n) is 6.34. The summed E-state index contributed by atoms with van der Waals surface area (Å²) >= 11 is 7.48. The molecule has 9 heteroatoms. The number of aromatic nitrogens is 6. The summed E-state index contributed by atoms with van der Waals surface area (Å²) in [4.78, 5) is 5.51. The number of nitrogens with zero attached hydrogens (tertiary/aromatic N) is 6. The summed E-state index contributed by atoms with van der Waals surface area (Å²) in [6.45, 7) is 0.808. The largest absolute Gasteiger partial charge is 0.360 e. The zero-order valence-electron chi connectivity index (χ0n) is 14.8. The number of pyridine rings is 1. The molecule has 0 saturated heterocycles. The molecule has 0 aliphatic heterocycles. The van der Waals surface area contributed by atoms with Crippen LogP contribution in [0.3, 0.4) is 0 Å². The smallest absolute Gasteiger partial charge is 0.214 e. The minimum atomic E-state index is 0.716. The van der Waals surface area contributed by atoms with E-state index in [0.29, 0.717) is 5.02 Å². The predicted octanol–water partition coefficient (Wildman–Crippen LogP) is 4.20. The van der Waals surface area contributed by atoms with Gasteiger partial charge in [-0.2, -0.15) is 0 Å². The van der Waals surface area contributed by atoms with Crippen molar-refractivity contribution >= 4 is 38.7 Å². The number of imidazole rings is 1. The summed E-state index contributed by atoms with van der Waals surface area (Å²) in [6.07, 6.45) is 5.71. The van der Waals surface area contributed by atoms with Crippen LogP contribution in [0.4, 0.5) is 5.13 Å². The number of benzene rings is 1. The van der Waals surface area contributed by atoms with Gasteiger partial charge in [0.1, 0.15) is 5.82 Å². The van der Waals surface area contributed by atoms with Crippen LogP contribution in [-0.2, 0) is 6.42 Å². The maximum Gasteiger partial charge on any atom is 0.214 e. The number of halogens is 1. The first-order valence-electron chi connectivity index (χ1n) is 8.91. The van der Waals surface area contributed by atoms with Crippen molar-refractivity contribution < 1.29 is 0 Å². The van der Waals surface area contributed by atoms with E-state index in [-0.39, 0.29) is 0 Å². The molecule has 0 fully saturated rings. The second kappa shape index (κ2) is 7.21. The van der Waals surface area contributed by atoms with Gasteiger partial charge in [-0.05, 0) is 30.7 Å². The van der Waals surface area contributed by atoms with Gasteiger partial charge in [-0.15, -0.1) is 15.3 Å². The van der Waals surface area contributed by atoms with Crippen LogP contribution in [0.5, 0.6) is 0 Å². The number of fused-ring (bicyclic) bond motifs is 2. The molecule has 0 bridgehead atoms. The summed E-state index contributed by atoms with van der Waals surface area (Å²) in [5.74, 6) is 0.971. The zero-order valence-corrected chi connectivity index (χ0v) is 16.4. The van der Waals surface area contributed by atoms with E-state index in [1.807, 2.05) is 63.8 Å². The molecule has 0 aliphatic rings. The van der Waals surface area contributed by atoms with Crippen LogP contribution in [0.2, 0.25) is 5.02 Å². The standard InChI is InChI=1S/C19H16ClN7S/c20-14-8-6-13(7-9-14)15-12-27-19(22-15)28-18(25-27)21-10-3-5-17-24-23-16-4-1-2-11-26(16)17/h1-2,4,6-9,11-12H,3,5,10H2,(H,21,25). The summed E-state index contributed by atoms with van der Waals surface area (Å²) in [5, 5.41) is 17.9. The maximum atomic E-state index is 5.95. The fourth-order valence-corrected chi connectivity index (χ4v) is 3.97. The Bertz CT molecular complexity index is 1210. The molecule has 0 atom stereocenters. The quantitative estimate of drug-likeness (QED) is 0.425. The molecule has 4 heterocycles. The van der Waals surface area contributed by atoms with E-state index >= 15 is 0 Å². The van der Waals surface area contributed by atoms with Gasteiger partial charge in [-0.1, -0.05) is 41.1 Å². The van der Waals surface area contributed by atoms with Gasteiger partial charge >= 0.3 is 0 Å². The molecule has 4 aromatic heterocycles. The molecular weight excluding hydrogens is 394 g/mol. The molecule has 7 nitrogen and oxygen atoms in total. The monoisotopic (exact) mass is 409 g/mol. The molecule has 28 heavy (non-hydrogen) atoms. The molecular formula is C19H16ClN7S. The highest BCUT2D eigenvalue weighted by atomic mass is 35.5. The topological polar surface area (TPSA) is 72.4 Å². The Labute approximate surface area is 169 Å². The Hall–Kier alpha value is -2.97. The predicted molar refractivity (Wildman–Crippen MR) is 111 cm³/mol. The summed E-state index contributed by atoms with van der Waals surface area (Å²) < 4.78 is 3.83. The molecule has 5 rings (SSSR count). The Morgan fingerprint density at radius 1 is 1.07 bits per heavy atom. The van der Waals surface area contributed by atoms with Crippen LogP contribution in [0.25, 0.3) is 21.9 Å². The Balaban J connectivity index is 1.21. The van der Waals surface area contributed by atoms with Crippen LogP contribution < -0.4 is 5.32 Å². The van der Waals surface area contributed by atoms with Crippen molar-refractivity contribution in [2.45, 2.75) is 12.8 Å². The lowest BCUT2D eigenvalue weighted by Gasteiger charge is -2.01. The van der Waals surface area contributed by atoms with Crippen molar-refractivity contribution in [3.8, 4) is 11.3 Å².